The quantitative estimate of drug-likeness (QED) is 0.316. The van der Waals surface area contributed by atoms with Gasteiger partial charge in [0.25, 0.3) is 11.8 Å². The van der Waals surface area contributed by atoms with Crippen LogP contribution in [-0.2, 0) is 20.9 Å². The van der Waals surface area contributed by atoms with Crippen molar-refractivity contribution >= 4 is 17.7 Å². The van der Waals surface area contributed by atoms with E-state index in [0.717, 1.165) is 4.90 Å². The number of hydrazine groups is 1. The average Bonchev–Trinajstić information content (AvgIpc) is 2.74. The van der Waals surface area contributed by atoms with E-state index in [4.69, 9.17) is 15.0 Å². The Morgan fingerprint density at radius 1 is 1.42 bits per heavy atom. The van der Waals surface area contributed by atoms with Crippen molar-refractivity contribution in [3.63, 3.8) is 0 Å². The number of aryl methyl sites for hydroxylation is 1. The van der Waals surface area contributed by atoms with Gasteiger partial charge in [-0.3, -0.25) is 24.7 Å². The Morgan fingerprint density at radius 3 is 2.63 bits per heavy atom. The first-order valence-electron chi connectivity index (χ1n) is 5.54. The van der Waals surface area contributed by atoms with E-state index in [-0.39, 0.29) is 25.5 Å². The first kappa shape index (κ1) is 13.2. The second-order valence-corrected chi connectivity index (χ2v) is 4.06. The lowest BCUT2D eigenvalue weighted by Gasteiger charge is -2.23. The van der Waals surface area contributed by atoms with Gasteiger partial charge in [-0.2, -0.15) is 0 Å². The van der Waals surface area contributed by atoms with Gasteiger partial charge in [0.2, 0.25) is 0 Å². The summed E-state index contributed by atoms with van der Waals surface area (Å²) in [5, 5.41) is 0. The van der Waals surface area contributed by atoms with E-state index < -0.39 is 17.7 Å². The molecule has 1 aliphatic heterocycles. The van der Waals surface area contributed by atoms with Gasteiger partial charge >= 0.3 is 5.91 Å². The molecular formula is C11H13N3O5. The molecule has 102 valence electrons. The summed E-state index contributed by atoms with van der Waals surface area (Å²) in [6.07, 6.45) is 0. The molecule has 0 aliphatic carbocycles. The number of hydrogen-bond donors (Lipinski definition) is 2. The van der Waals surface area contributed by atoms with Crippen LogP contribution in [0.1, 0.15) is 21.9 Å². The van der Waals surface area contributed by atoms with E-state index >= 15 is 0 Å². The lowest BCUT2D eigenvalue weighted by molar-refractivity contribution is -0.159. The fourth-order valence-electron chi connectivity index (χ4n) is 1.77. The summed E-state index contributed by atoms with van der Waals surface area (Å²) < 4.78 is 10.1. The largest absolute Gasteiger partial charge is 0.454 e. The predicted molar refractivity (Wildman–Crippen MR) is 61.5 cm³/mol. The number of nitrogens with zero attached hydrogens (tertiary/aromatic N) is 1. The number of morpholine rings is 1. The van der Waals surface area contributed by atoms with Crippen LogP contribution in [0.4, 0.5) is 0 Å². The molecule has 0 unspecified atom stereocenters. The number of furan rings is 1. The van der Waals surface area contributed by atoms with Crippen LogP contribution in [0.3, 0.4) is 0 Å². The standard InChI is InChI=1S/C11H13N3O5/c1-6-2-7(19-10(6)11(17)13-12)3-14-8(15)4-18-5-9(14)16/h2H,3-5,12H2,1H3,(H,13,17). The van der Waals surface area contributed by atoms with E-state index in [9.17, 15) is 14.4 Å². The molecule has 0 spiro atoms. The van der Waals surface area contributed by atoms with E-state index in [1.807, 2.05) is 5.43 Å². The van der Waals surface area contributed by atoms with Gasteiger partial charge in [0.15, 0.2) is 5.76 Å². The summed E-state index contributed by atoms with van der Waals surface area (Å²) in [6.45, 7) is 1.36. The van der Waals surface area contributed by atoms with Crippen LogP contribution in [0, 0.1) is 6.92 Å². The zero-order chi connectivity index (χ0) is 14.0. The lowest BCUT2D eigenvalue weighted by Crippen LogP contribution is -2.45. The minimum atomic E-state index is -0.566. The van der Waals surface area contributed by atoms with Crippen molar-refractivity contribution in [2.45, 2.75) is 13.5 Å². The fraction of sp³-hybridized carbons (Fsp3) is 0.364. The van der Waals surface area contributed by atoms with Gasteiger partial charge in [-0.15, -0.1) is 0 Å². The molecule has 0 saturated carbocycles. The van der Waals surface area contributed by atoms with Crippen LogP contribution < -0.4 is 11.3 Å². The number of amides is 3. The Morgan fingerprint density at radius 2 is 2.05 bits per heavy atom. The van der Waals surface area contributed by atoms with E-state index in [2.05, 4.69) is 0 Å². The Labute approximate surface area is 108 Å². The number of hydrogen-bond acceptors (Lipinski definition) is 6. The topological polar surface area (TPSA) is 115 Å². The highest BCUT2D eigenvalue weighted by Crippen LogP contribution is 2.17. The van der Waals surface area contributed by atoms with Crippen molar-refractivity contribution in [2.75, 3.05) is 13.2 Å². The van der Waals surface area contributed by atoms with Crippen LogP contribution in [-0.4, -0.2) is 35.8 Å². The number of carbonyl (C=O) groups is 3. The molecule has 0 radical (unpaired) electrons. The fourth-order valence-corrected chi connectivity index (χ4v) is 1.77. The Hall–Kier alpha value is -2.19. The molecule has 1 saturated heterocycles. The van der Waals surface area contributed by atoms with E-state index in [1.54, 1.807) is 13.0 Å². The first-order chi connectivity index (χ1) is 9.02. The molecular weight excluding hydrogens is 254 g/mol. The minimum absolute atomic E-state index is 0.0281. The lowest BCUT2D eigenvalue weighted by atomic mass is 10.2. The van der Waals surface area contributed by atoms with Gasteiger partial charge in [-0.1, -0.05) is 0 Å². The second-order valence-electron chi connectivity index (χ2n) is 4.06. The van der Waals surface area contributed by atoms with Crippen molar-refractivity contribution in [3.05, 3.63) is 23.2 Å². The number of carbonyl (C=O) groups excluding carboxylic acids is 3. The minimum Gasteiger partial charge on any atom is -0.454 e. The number of imide groups is 1. The van der Waals surface area contributed by atoms with Gasteiger partial charge in [0, 0.05) is 5.56 Å². The van der Waals surface area contributed by atoms with Gasteiger partial charge < -0.3 is 9.15 Å². The van der Waals surface area contributed by atoms with E-state index in [1.165, 1.54) is 0 Å². The van der Waals surface area contributed by atoms with Gasteiger partial charge in [-0.05, 0) is 13.0 Å². The maximum Gasteiger partial charge on any atom is 0.301 e. The Kier molecular flexibility index (Phi) is 3.63. The van der Waals surface area contributed by atoms with Crippen LogP contribution >= 0.6 is 0 Å². The van der Waals surface area contributed by atoms with Crippen molar-refractivity contribution in [2.24, 2.45) is 5.84 Å². The summed E-state index contributed by atoms with van der Waals surface area (Å²) in [5.74, 6) is 3.97. The zero-order valence-electron chi connectivity index (χ0n) is 10.3. The third kappa shape index (κ3) is 2.64. The van der Waals surface area contributed by atoms with Gasteiger partial charge in [-0.25, -0.2) is 5.84 Å². The number of nitrogens with two attached hydrogens (primary N) is 1. The molecule has 3 N–H and O–H groups in total. The average molecular weight is 267 g/mol. The molecule has 1 aromatic heterocycles. The summed E-state index contributed by atoms with van der Waals surface area (Å²) >= 11 is 0. The summed E-state index contributed by atoms with van der Waals surface area (Å²) in [7, 11) is 0. The van der Waals surface area contributed by atoms with Crippen molar-refractivity contribution < 1.29 is 23.5 Å². The Balaban J connectivity index is 2.17. The third-order valence-corrected chi connectivity index (χ3v) is 2.67. The normalized spacial score (nSPS) is 15.8. The molecule has 2 rings (SSSR count). The molecule has 0 aromatic carbocycles. The molecule has 8 nitrogen and oxygen atoms in total. The van der Waals surface area contributed by atoms with Crippen molar-refractivity contribution in [1.82, 2.24) is 10.3 Å². The van der Waals surface area contributed by atoms with Crippen LogP contribution in [0.15, 0.2) is 10.5 Å². The maximum absolute atomic E-state index is 11.5. The monoisotopic (exact) mass is 267 g/mol. The molecule has 1 fully saturated rings. The third-order valence-electron chi connectivity index (χ3n) is 2.67. The summed E-state index contributed by atoms with van der Waals surface area (Å²) in [5.41, 5.74) is 2.53. The van der Waals surface area contributed by atoms with Crippen LogP contribution in [0.2, 0.25) is 0 Å². The smallest absolute Gasteiger partial charge is 0.301 e. The molecule has 1 aliphatic rings. The number of ether oxygens (including phenoxy) is 1. The number of nitrogens with one attached hydrogen (secondary N) is 1. The highest BCUT2D eigenvalue weighted by atomic mass is 16.5. The van der Waals surface area contributed by atoms with Gasteiger partial charge in [0.05, 0.1) is 6.54 Å². The summed E-state index contributed by atoms with van der Waals surface area (Å²) in [4.78, 5) is 35.5. The summed E-state index contributed by atoms with van der Waals surface area (Å²) in [6, 6.07) is 1.58. The van der Waals surface area contributed by atoms with Crippen molar-refractivity contribution in [3.8, 4) is 0 Å². The molecule has 3 amide bonds. The number of nitrogen functional groups attached to an aromatic ring is 1. The number of rotatable bonds is 3. The van der Waals surface area contributed by atoms with Crippen LogP contribution in [0.25, 0.3) is 0 Å². The van der Waals surface area contributed by atoms with E-state index in [0.29, 0.717) is 11.3 Å². The molecule has 0 atom stereocenters. The molecule has 1 aromatic rings. The molecule has 0 bridgehead atoms. The highest BCUT2D eigenvalue weighted by molar-refractivity contribution is 5.98. The SMILES string of the molecule is Cc1cc(CN2C(=O)COCC2=O)oc1C(=O)NN. The molecule has 2 heterocycles. The zero-order valence-corrected chi connectivity index (χ0v) is 10.3. The predicted octanol–water partition coefficient (Wildman–Crippen LogP) is -0.923. The highest BCUT2D eigenvalue weighted by Gasteiger charge is 2.28. The van der Waals surface area contributed by atoms with Crippen molar-refractivity contribution in [1.29, 1.82) is 0 Å². The second kappa shape index (κ2) is 5.21. The van der Waals surface area contributed by atoms with Gasteiger partial charge in [0.1, 0.15) is 19.0 Å². The van der Waals surface area contributed by atoms with Crippen LogP contribution in [0.5, 0.6) is 0 Å². The molecule has 19 heavy (non-hydrogen) atoms. The Bertz CT molecular complexity index is 520. The first-order valence-corrected chi connectivity index (χ1v) is 5.54. The maximum atomic E-state index is 11.5. The molecule has 8 heteroatoms.